The molecule has 2 aliphatic rings. The number of para-hydroxylation sites is 1. The van der Waals surface area contributed by atoms with Crippen LogP contribution in [0.2, 0.25) is 5.02 Å². The van der Waals surface area contributed by atoms with Crippen LogP contribution in [-0.4, -0.2) is 4.92 Å². The molecule has 3 atom stereocenters. The van der Waals surface area contributed by atoms with E-state index in [4.69, 9.17) is 11.6 Å². The van der Waals surface area contributed by atoms with Crippen LogP contribution >= 0.6 is 27.5 Å². The molecule has 4 nitrogen and oxygen atoms in total. The molecule has 122 valence electrons. The molecule has 0 amide bonds. The average molecular weight is 406 g/mol. The first-order valence-electron chi connectivity index (χ1n) is 7.71. The lowest BCUT2D eigenvalue weighted by atomic mass is 9.77. The van der Waals surface area contributed by atoms with E-state index in [9.17, 15) is 10.1 Å². The van der Waals surface area contributed by atoms with E-state index in [0.29, 0.717) is 11.8 Å². The number of fused-ring (bicyclic) bond motifs is 3. The zero-order valence-corrected chi connectivity index (χ0v) is 14.9. The predicted molar refractivity (Wildman–Crippen MR) is 98.6 cm³/mol. The van der Waals surface area contributed by atoms with Gasteiger partial charge in [0.1, 0.15) is 5.02 Å². The van der Waals surface area contributed by atoms with Gasteiger partial charge >= 0.3 is 0 Å². The minimum Gasteiger partial charge on any atom is -0.377 e. The van der Waals surface area contributed by atoms with E-state index in [1.54, 1.807) is 12.1 Å². The number of halogens is 2. The van der Waals surface area contributed by atoms with Crippen LogP contribution < -0.4 is 5.32 Å². The molecule has 0 aromatic heterocycles. The first-order valence-corrected chi connectivity index (χ1v) is 8.89. The van der Waals surface area contributed by atoms with Crippen molar-refractivity contribution in [3.8, 4) is 0 Å². The lowest BCUT2D eigenvalue weighted by Crippen LogP contribution is -2.29. The number of nitro groups is 1. The second-order valence-corrected chi connectivity index (χ2v) is 7.41. The highest BCUT2D eigenvalue weighted by Crippen LogP contribution is 2.51. The predicted octanol–water partition coefficient (Wildman–Crippen LogP) is 5.84. The van der Waals surface area contributed by atoms with Gasteiger partial charge in [-0.05, 0) is 51.5 Å². The Bertz CT molecular complexity index is 868. The summed E-state index contributed by atoms with van der Waals surface area (Å²) in [5.41, 5.74) is 3.18. The molecule has 0 radical (unpaired) electrons. The van der Waals surface area contributed by atoms with Gasteiger partial charge in [0.25, 0.3) is 5.69 Å². The number of anilines is 1. The third kappa shape index (κ3) is 2.43. The Balaban J connectivity index is 1.81. The summed E-state index contributed by atoms with van der Waals surface area (Å²) in [5.74, 6) is 0.658. The van der Waals surface area contributed by atoms with E-state index in [0.717, 1.165) is 22.1 Å². The van der Waals surface area contributed by atoms with Crippen molar-refractivity contribution in [2.75, 3.05) is 5.32 Å². The first kappa shape index (κ1) is 15.7. The van der Waals surface area contributed by atoms with Crippen LogP contribution in [0.1, 0.15) is 29.5 Å². The smallest absolute Gasteiger partial charge is 0.288 e. The molecule has 1 heterocycles. The maximum atomic E-state index is 11.2. The Morgan fingerprint density at radius 2 is 2.12 bits per heavy atom. The van der Waals surface area contributed by atoms with E-state index < -0.39 is 4.92 Å². The molecule has 0 saturated heterocycles. The van der Waals surface area contributed by atoms with Crippen molar-refractivity contribution in [2.45, 2.75) is 18.4 Å². The maximum Gasteiger partial charge on any atom is 0.288 e. The SMILES string of the molecule is O=[N+]([O-])c1cc([C@@H]2Nc3c(Br)cccc3[C@@H]3C=CC[C@H]32)ccc1Cl. The summed E-state index contributed by atoms with van der Waals surface area (Å²) in [6.45, 7) is 0. The van der Waals surface area contributed by atoms with Crippen molar-refractivity contribution < 1.29 is 4.92 Å². The molecule has 1 aliphatic heterocycles. The Morgan fingerprint density at radius 1 is 1.29 bits per heavy atom. The minimum atomic E-state index is -0.428. The van der Waals surface area contributed by atoms with Crippen LogP contribution in [0.4, 0.5) is 11.4 Å². The van der Waals surface area contributed by atoms with Crippen molar-refractivity contribution in [1.82, 2.24) is 0 Å². The van der Waals surface area contributed by atoms with Crippen LogP contribution in [0.5, 0.6) is 0 Å². The van der Waals surface area contributed by atoms with Gasteiger partial charge in [0, 0.05) is 16.5 Å². The third-order valence-corrected chi connectivity index (χ3v) is 5.85. The fourth-order valence-corrected chi connectivity index (χ4v) is 4.46. The number of rotatable bonds is 2. The summed E-state index contributed by atoms with van der Waals surface area (Å²) in [6.07, 6.45) is 5.39. The van der Waals surface area contributed by atoms with E-state index in [1.165, 1.54) is 5.56 Å². The van der Waals surface area contributed by atoms with Crippen LogP contribution in [0.15, 0.2) is 53.0 Å². The van der Waals surface area contributed by atoms with Gasteiger partial charge in [-0.2, -0.15) is 0 Å². The summed E-state index contributed by atoms with van der Waals surface area (Å²) in [4.78, 5) is 10.8. The van der Waals surface area contributed by atoms with E-state index in [2.05, 4.69) is 39.5 Å². The fraction of sp³-hybridized carbons (Fsp3) is 0.222. The summed E-state index contributed by atoms with van der Waals surface area (Å²) in [7, 11) is 0. The molecule has 1 aliphatic carbocycles. The number of nitro benzene ring substituents is 1. The second-order valence-electron chi connectivity index (χ2n) is 6.15. The molecule has 24 heavy (non-hydrogen) atoms. The molecule has 2 aromatic rings. The van der Waals surface area contributed by atoms with Gasteiger partial charge < -0.3 is 5.32 Å². The van der Waals surface area contributed by atoms with Crippen molar-refractivity contribution >= 4 is 38.9 Å². The number of hydrogen-bond donors (Lipinski definition) is 1. The van der Waals surface area contributed by atoms with Crippen LogP contribution in [0.25, 0.3) is 0 Å². The normalized spacial score (nSPS) is 24.2. The maximum absolute atomic E-state index is 11.2. The minimum absolute atomic E-state index is 0.00664. The van der Waals surface area contributed by atoms with Crippen molar-refractivity contribution in [1.29, 1.82) is 0 Å². The van der Waals surface area contributed by atoms with Gasteiger partial charge in [0.2, 0.25) is 0 Å². The van der Waals surface area contributed by atoms with Gasteiger partial charge in [0.15, 0.2) is 0 Å². The van der Waals surface area contributed by atoms with E-state index in [-0.39, 0.29) is 16.8 Å². The Kier molecular flexibility index (Phi) is 3.85. The number of nitrogens with one attached hydrogen (secondary N) is 1. The number of hydrogen-bond acceptors (Lipinski definition) is 3. The van der Waals surface area contributed by atoms with E-state index >= 15 is 0 Å². The zero-order valence-electron chi connectivity index (χ0n) is 12.6. The Morgan fingerprint density at radius 3 is 2.92 bits per heavy atom. The van der Waals surface area contributed by atoms with Crippen LogP contribution in [0, 0.1) is 16.0 Å². The summed E-state index contributed by atoms with van der Waals surface area (Å²) < 4.78 is 1.01. The molecule has 1 N–H and O–H groups in total. The quantitative estimate of drug-likeness (QED) is 0.388. The summed E-state index contributed by atoms with van der Waals surface area (Å²) in [6, 6.07) is 11.3. The van der Waals surface area contributed by atoms with Crippen molar-refractivity contribution in [3.63, 3.8) is 0 Å². The summed E-state index contributed by atoms with van der Waals surface area (Å²) in [5, 5.41) is 15.0. The van der Waals surface area contributed by atoms with Gasteiger partial charge in [0.05, 0.1) is 16.7 Å². The highest BCUT2D eigenvalue weighted by Gasteiger charge is 2.39. The topological polar surface area (TPSA) is 55.2 Å². The second kappa shape index (κ2) is 5.90. The number of benzene rings is 2. The summed E-state index contributed by atoms with van der Waals surface area (Å²) >= 11 is 9.58. The zero-order chi connectivity index (χ0) is 16.8. The molecule has 0 spiro atoms. The molecule has 0 saturated carbocycles. The highest BCUT2D eigenvalue weighted by atomic mass is 79.9. The first-order chi connectivity index (χ1) is 11.6. The van der Waals surface area contributed by atoms with Gasteiger partial charge in [-0.3, -0.25) is 10.1 Å². The average Bonchev–Trinajstić information content (AvgIpc) is 3.05. The standard InChI is InChI=1S/C18H14BrClN2O2/c19-14-6-2-5-13-11-3-1-4-12(11)17(21-18(13)14)10-7-8-15(20)16(9-10)22(23)24/h1-3,5-9,11-12,17,21H,4H2/t11-,12-,17+/m1/s1. The van der Waals surface area contributed by atoms with Crippen LogP contribution in [-0.2, 0) is 0 Å². The number of nitrogens with zero attached hydrogens (tertiary/aromatic N) is 1. The molecule has 6 heteroatoms. The molecular formula is C18H14BrClN2O2. The van der Waals surface area contributed by atoms with Crippen LogP contribution in [0.3, 0.4) is 0 Å². The third-order valence-electron chi connectivity index (χ3n) is 4.87. The largest absolute Gasteiger partial charge is 0.377 e. The molecular weight excluding hydrogens is 392 g/mol. The lowest BCUT2D eigenvalue weighted by molar-refractivity contribution is -0.384. The fourth-order valence-electron chi connectivity index (χ4n) is 3.78. The molecule has 2 aromatic carbocycles. The van der Waals surface area contributed by atoms with Gasteiger partial charge in [-0.25, -0.2) is 0 Å². The molecule has 4 rings (SSSR count). The number of allylic oxidation sites excluding steroid dienone is 2. The van der Waals surface area contributed by atoms with E-state index in [1.807, 2.05) is 18.2 Å². The lowest BCUT2D eigenvalue weighted by Gasteiger charge is -2.38. The highest BCUT2D eigenvalue weighted by molar-refractivity contribution is 9.10. The Labute approximate surface area is 152 Å². The van der Waals surface area contributed by atoms with Gasteiger partial charge in [-0.1, -0.05) is 42.0 Å². The molecule has 0 bridgehead atoms. The van der Waals surface area contributed by atoms with Crippen molar-refractivity contribution in [2.24, 2.45) is 5.92 Å². The molecule has 0 unspecified atom stereocenters. The Hall–Kier alpha value is -1.85. The van der Waals surface area contributed by atoms with Gasteiger partial charge in [-0.15, -0.1) is 0 Å². The monoisotopic (exact) mass is 404 g/mol. The van der Waals surface area contributed by atoms with Crippen molar-refractivity contribution in [3.05, 3.63) is 79.3 Å². The molecule has 0 fully saturated rings.